The maximum Gasteiger partial charge on any atom is 0.0859 e. The van der Waals surface area contributed by atoms with Crippen molar-refractivity contribution in [3.05, 3.63) is 36.2 Å². The van der Waals surface area contributed by atoms with Gasteiger partial charge in [-0.1, -0.05) is 18.2 Å². The number of thioether (sulfide) groups is 1. The van der Waals surface area contributed by atoms with E-state index in [9.17, 15) is 0 Å². The first-order valence-corrected chi connectivity index (χ1v) is 6.56. The van der Waals surface area contributed by atoms with Gasteiger partial charge in [-0.05, 0) is 11.8 Å². The van der Waals surface area contributed by atoms with Crippen LogP contribution in [0.5, 0.6) is 0 Å². The average molecular weight is 218 g/mol. The molecule has 1 aliphatic carbocycles. The standard InChI is InChI=1S/C12H14N2S/c1-15-12-4-2-3-9-10(12)8-14-6-5-13-7-11(9)14/h2-7,10-12H,8H2,1H3. The van der Waals surface area contributed by atoms with E-state index < -0.39 is 0 Å². The van der Waals surface area contributed by atoms with Crippen molar-refractivity contribution in [3.8, 4) is 0 Å². The lowest BCUT2D eigenvalue weighted by molar-refractivity contribution is 0.409. The minimum Gasteiger partial charge on any atom is -0.364 e. The van der Waals surface area contributed by atoms with Crippen LogP contribution in [0.25, 0.3) is 0 Å². The molecule has 78 valence electrons. The zero-order valence-corrected chi connectivity index (χ0v) is 9.52. The first kappa shape index (κ1) is 9.28. The van der Waals surface area contributed by atoms with E-state index in [1.54, 1.807) is 0 Å². The van der Waals surface area contributed by atoms with Gasteiger partial charge in [-0.3, -0.25) is 4.99 Å². The lowest BCUT2D eigenvalue weighted by atomic mass is 9.91. The lowest BCUT2D eigenvalue weighted by Crippen LogP contribution is -2.27. The van der Waals surface area contributed by atoms with Crippen molar-refractivity contribution in [2.75, 3.05) is 12.8 Å². The van der Waals surface area contributed by atoms with Gasteiger partial charge in [0.15, 0.2) is 0 Å². The summed E-state index contributed by atoms with van der Waals surface area (Å²) in [6, 6.07) is 0.416. The second-order valence-electron chi connectivity index (χ2n) is 4.10. The number of nitrogens with zero attached hydrogens (tertiary/aromatic N) is 2. The van der Waals surface area contributed by atoms with Crippen molar-refractivity contribution in [1.29, 1.82) is 0 Å². The molecule has 2 heterocycles. The van der Waals surface area contributed by atoms with Crippen molar-refractivity contribution in [2.24, 2.45) is 10.9 Å². The van der Waals surface area contributed by atoms with Gasteiger partial charge in [0.25, 0.3) is 0 Å². The summed E-state index contributed by atoms with van der Waals surface area (Å²) < 4.78 is 0. The van der Waals surface area contributed by atoms with E-state index in [0.29, 0.717) is 17.2 Å². The van der Waals surface area contributed by atoms with Gasteiger partial charge in [0, 0.05) is 36.3 Å². The second-order valence-corrected chi connectivity index (χ2v) is 5.11. The molecule has 0 radical (unpaired) electrons. The van der Waals surface area contributed by atoms with Gasteiger partial charge in [-0.2, -0.15) is 11.8 Å². The molecular weight excluding hydrogens is 204 g/mol. The number of fused-ring (bicyclic) bond motifs is 3. The van der Waals surface area contributed by atoms with Crippen LogP contribution in [-0.2, 0) is 0 Å². The maximum atomic E-state index is 4.24. The Balaban J connectivity index is 1.94. The summed E-state index contributed by atoms with van der Waals surface area (Å²) in [5.41, 5.74) is 1.53. The minimum atomic E-state index is 0.416. The lowest BCUT2D eigenvalue weighted by Gasteiger charge is -2.22. The molecule has 3 aliphatic rings. The van der Waals surface area contributed by atoms with E-state index in [1.165, 1.54) is 5.57 Å². The maximum absolute atomic E-state index is 4.24. The minimum absolute atomic E-state index is 0.416. The molecule has 0 N–H and O–H groups in total. The van der Waals surface area contributed by atoms with Crippen LogP contribution in [0.4, 0.5) is 0 Å². The largest absolute Gasteiger partial charge is 0.364 e. The SMILES string of the molecule is CSC1C=CC=C2C1CN1C=CN=CC21. The molecule has 2 nitrogen and oxygen atoms in total. The summed E-state index contributed by atoms with van der Waals surface area (Å²) in [5, 5.41) is 0.636. The fourth-order valence-corrected chi connectivity index (χ4v) is 3.43. The Labute approximate surface area is 94.4 Å². The van der Waals surface area contributed by atoms with Crippen LogP contribution in [0, 0.1) is 5.92 Å². The molecule has 0 aromatic carbocycles. The van der Waals surface area contributed by atoms with Crippen LogP contribution >= 0.6 is 11.8 Å². The van der Waals surface area contributed by atoms with E-state index in [-0.39, 0.29) is 0 Å². The summed E-state index contributed by atoms with van der Waals surface area (Å²) in [7, 11) is 0. The fraction of sp³-hybridized carbons (Fsp3) is 0.417. The van der Waals surface area contributed by atoms with Crippen molar-refractivity contribution < 1.29 is 0 Å². The Morgan fingerprint density at radius 2 is 2.47 bits per heavy atom. The average Bonchev–Trinajstić information content (AvgIpc) is 2.67. The topological polar surface area (TPSA) is 15.6 Å². The quantitative estimate of drug-likeness (QED) is 0.669. The molecule has 0 bridgehead atoms. The highest BCUT2D eigenvalue weighted by atomic mass is 32.2. The number of hydrogen-bond acceptors (Lipinski definition) is 3. The third-order valence-corrected chi connectivity index (χ3v) is 4.39. The molecule has 0 saturated carbocycles. The fourth-order valence-electron chi connectivity index (χ4n) is 2.61. The smallest absolute Gasteiger partial charge is 0.0859 e. The molecule has 0 aromatic rings. The van der Waals surface area contributed by atoms with Gasteiger partial charge in [0.1, 0.15) is 0 Å². The van der Waals surface area contributed by atoms with E-state index in [4.69, 9.17) is 0 Å². The van der Waals surface area contributed by atoms with Gasteiger partial charge in [0.05, 0.1) is 6.04 Å². The van der Waals surface area contributed by atoms with Crippen molar-refractivity contribution >= 4 is 18.0 Å². The van der Waals surface area contributed by atoms with Gasteiger partial charge >= 0.3 is 0 Å². The van der Waals surface area contributed by atoms with Gasteiger partial charge in [0.2, 0.25) is 0 Å². The highest BCUT2D eigenvalue weighted by Crippen LogP contribution is 2.38. The van der Waals surface area contributed by atoms with E-state index in [1.807, 2.05) is 18.0 Å². The van der Waals surface area contributed by atoms with Gasteiger partial charge < -0.3 is 4.90 Å². The van der Waals surface area contributed by atoms with Crippen molar-refractivity contribution in [1.82, 2.24) is 4.90 Å². The zero-order valence-electron chi connectivity index (χ0n) is 8.71. The summed E-state index contributed by atoms with van der Waals surface area (Å²) in [6.07, 6.45) is 15.0. The Morgan fingerprint density at radius 1 is 1.53 bits per heavy atom. The number of hydrogen-bond donors (Lipinski definition) is 0. The molecule has 1 fully saturated rings. The summed E-state index contributed by atoms with van der Waals surface area (Å²) >= 11 is 1.94. The Hall–Kier alpha value is -0.960. The molecular formula is C12H14N2S. The number of aliphatic imine (C=N–C) groups is 1. The first-order chi connectivity index (χ1) is 7.40. The van der Waals surface area contributed by atoms with Crippen LogP contribution in [0.1, 0.15) is 0 Å². The molecule has 0 amide bonds. The monoisotopic (exact) mass is 218 g/mol. The van der Waals surface area contributed by atoms with Crippen LogP contribution < -0.4 is 0 Å². The first-order valence-electron chi connectivity index (χ1n) is 5.27. The molecule has 15 heavy (non-hydrogen) atoms. The molecule has 3 heteroatoms. The van der Waals surface area contributed by atoms with Crippen LogP contribution in [-0.4, -0.2) is 35.2 Å². The summed E-state index contributed by atoms with van der Waals surface area (Å²) in [6.45, 7) is 1.13. The molecule has 1 saturated heterocycles. The van der Waals surface area contributed by atoms with Crippen molar-refractivity contribution in [3.63, 3.8) is 0 Å². The highest BCUT2D eigenvalue weighted by Gasteiger charge is 2.39. The Kier molecular flexibility index (Phi) is 2.20. The third kappa shape index (κ3) is 1.37. The number of allylic oxidation sites excluding steroid dienone is 2. The normalized spacial score (nSPS) is 36.5. The summed E-state index contributed by atoms with van der Waals surface area (Å²) in [4.78, 5) is 6.63. The second kappa shape index (κ2) is 3.56. The van der Waals surface area contributed by atoms with Crippen molar-refractivity contribution in [2.45, 2.75) is 11.3 Å². The van der Waals surface area contributed by atoms with Crippen LogP contribution in [0.15, 0.2) is 41.2 Å². The van der Waals surface area contributed by atoms with Gasteiger partial charge in [-0.25, -0.2) is 0 Å². The predicted octanol–water partition coefficient (Wildman–Crippen LogP) is 2.07. The third-order valence-electron chi connectivity index (χ3n) is 3.36. The summed E-state index contributed by atoms with van der Waals surface area (Å²) in [5.74, 6) is 0.671. The van der Waals surface area contributed by atoms with E-state index >= 15 is 0 Å². The van der Waals surface area contributed by atoms with E-state index in [0.717, 1.165) is 6.54 Å². The van der Waals surface area contributed by atoms with Crippen LogP contribution in [0.2, 0.25) is 0 Å². The van der Waals surface area contributed by atoms with Crippen LogP contribution in [0.3, 0.4) is 0 Å². The Bertz CT molecular complexity index is 381. The van der Waals surface area contributed by atoms with Gasteiger partial charge in [-0.15, -0.1) is 0 Å². The molecule has 0 spiro atoms. The molecule has 3 atom stereocenters. The molecule has 3 unspecified atom stereocenters. The molecule has 3 rings (SSSR count). The highest BCUT2D eigenvalue weighted by molar-refractivity contribution is 7.99. The number of rotatable bonds is 1. The Morgan fingerprint density at radius 3 is 3.33 bits per heavy atom. The molecule has 0 aromatic heterocycles. The van der Waals surface area contributed by atoms with E-state index in [2.05, 4.69) is 46.8 Å². The predicted molar refractivity (Wildman–Crippen MR) is 66.1 cm³/mol. The zero-order chi connectivity index (χ0) is 10.3. The molecule has 2 aliphatic heterocycles.